The number of nitrogens with zero attached hydrogens (tertiary/aromatic N) is 1. The van der Waals surface area contributed by atoms with Crippen molar-refractivity contribution in [3.05, 3.63) is 22.8 Å². The predicted octanol–water partition coefficient (Wildman–Crippen LogP) is 2.33. The van der Waals surface area contributed by atoms with E-state index in [9.17, 15) is 0 Å². The number of rotatable bonds is 0. The molecule has 0 aromatic carbocycles. The first-order chi connectivity index (χ1) is 4.20. The summed E-state index contributed by atoms with van der Waals surface area (Å²) in [5, 5.41) is 1.39. The predicted molar refractivity (Wildman–Crippen MR) is 41.2 cm³/mol. The highest BCUT2D eigenvalue weighted by Crippen LogP contribution is 2.14. The fourth-order valence-corrected chi connectivity index (χ4v) is 0.879. The molecule has 0 N–H and O–H groups in total. The van der Waals surface area contributed by atoms with Crippen molar-refractivity contribution in [2.45, 2.75) is 11.9 Å². The number of aryl methyl sites for hydroxylation is 1. The van der Waals surface area contributed by atoms with Gasteiger partial charge in [0, 0.05) is 6.20 Å². The van der Waals surface area contributed by atoms with Gasteiger partial charge in [-0.3, -0.25) is 0 Å². The molecule has 1 nitrogen and oxygen atoms in total. The van der Waals surface area contributed by atoms with Crippen LogP contribution in [-0.4, -0.2) is 4.98 Å². The minimum atomic E-state index is 0.688. The molecule has 0 aliphatic heterocycles. The van der Waals surface area contributed by atoms with Crippen molar-refractivity contribution in [3.63, 3.8) is 0 Å². The summed E-state index contributed by atoms with van der Waals surface area (Å²) in [5.41, 5.74) is 1.01. The zero-order valence-corrected chi connectivity index (χ0v) is 6.58. The van der Waals surface area contributed by atoms with Crippen LogP contribution in [0.1, 0.15) is 5.56 Å². The maximum Gasteiger partial charge on any atom is 0.0933 e. The van der Waals surface area contributed by atoms with Gasteiger partial charge in [0.1, 0.15) is 0 Å². The molecule has 9 heavy (non-hydrogen) atoms. The van der Waals surface area contributed by atoms with E-state index in [-0.39, 0.29) is 0 Å². The zero-order chi connectivity index (χ0) is 6.85. The van der Waals surface area contributed by atoms with Crippen LogP contribution in [0.25, 0.3) is 0 Å². The number of pyridine rings is 1. The van der Waals surface area contributed by atoms with Crippen LogP contribution in [-0.2, 0) is 0 Å². The molecule has 0 saturated heterocycles. The van der Waals surface area contributed by atoms with Crippen LogP contribution in [0.5, 0.6) is 0 Å². The van der Waals surface area contributed by atoms with E-state index in [4.69, 9.17) is 11.6 Å². The first-order valence-corrected chi connectivity index (χ1v) is 3.34. The maximum absolute atomic E-state index is 5.68. The van der Waals surface area contributed by atoms with Gasteiger partial charge in [0.15, 0.2) is 0 Å². The zero-order valence-electron chi connectivity index (χ0n) is 4.93. The fraction of sp³-hybridized carbons (Fsp3) is 0.167. The average molecular weight is 160 g/mol. The van der Waals surface area contributed by atoms with Crippen molar-refractivity contribution in [2.24, 2.45) is 0 Å². The van der Waals surface area contributed by atoms with E-state index >= 15 is 0 Å². The minimum absolute atomic E-state index is 0.688. The van der Waals surface area contributed by atoms with Gasteiger partial charge in [-0.2, -0.15) is 0 Å². The highest BCUT2D eigenvalue weighted by atomic mass is 35.5. The van der Waals surface area contributed by atoms with Gasteiger partial charge in [0.2, 0.25) is 0 Å². The van der Waals surface area contributed by atoms with Crippen molar-refractivity contribution in [1.29, 1.82) is 0 Å². The number of halogens is 1. The molecule has 0 radical (unpaired) electrons. The molecule has 1 heterocycles. The Morgan fingerprint density at radius 1 is 1.67 bits per heavy atom. The van der Waals surface area contributed by atoms with Crippen molar-refractivity contribution >= 4 is 24.2 Å². The smallest absolute Gasteiger partial charge is 0.0933 e. The molecule has 0 unspecified atom stereocenters. The number of thiol groups is 1. The lowest BCUT2D eigenvalue weighted by Gasteiger charge is -1.94. The lowest BCUT2D eigenvalue weighted by molar-refractivity contribution is 1.12. The van der Waals surface area contributed by atoms with Gasteiger partial charge in [-0.05, 0) is 18.6 Å². The summed E-state index contributed by atoms with van der Waals surface area (Å²) < 4.78 is 0. The van der Waals surface area contributed by atoms with Gasteiger partial charge in [-0.15, -0.1) is 12.6 Å². The summed E-state index contributed by atoms with van der Waals surface area (Å²) in [6.07, 6.45) is 1.60. The van der Waals surface area contributed by atoms with Gasteiger partial charge in [-0.1, -0.05) is 11.6 Å². The van der Waals surface area contributed by atoms with Crippen LogP contribution in [0.2, 0.25) is 5.02 Å². The van der Waals surface area contributed by atoms with Crippen molar-refractivity contribution in [2.75, 3.05) is 0 Å². The van der Waals surface area contributed by atoms with Crippen LogP contribution < -0.4 is 0 Å². The Balaban J connectivity index is 3.17. The van der Waals surface area contributed by atoms with Crippen LogP contribution in [0.3, 0.4) is 0 Å². The van der Waals surface area contributed by atoms with E-state index in [1.54, 1.807) is 6.20 Å². The third-order valence-corrected chi connectivity index (χ3v) is 1.67. The molecule has 1 aromatic heterocycles. The molecule has 0 saturated carbocycles. The Kier molecular flexibility index (Phi) is 1.98. The van der Waals surface area contributed by atoms with Crippen molar-refractivity contribution in [3.8, 4) is 0 Å². The number of aromatic nitrogens is 1. The molecule has 0 aliphatic rings. The van der Waals surface area contributed by atoms with Gasteiger partial charge < -0.3 is 0 Å². The third-order valence-electron chi connectivity index (χ3n) is 1.03. The fourth-order valence-electron chi connectivity index (χ4n) is 0.524. The van der Waals surface area contributed by atoms with E-state index in [0.29, 0.717) is 10.0 Å². The largest absolute Gasteiger partial charge is 0.249 e. The summed E-state index contributed by atoms with van der Waals surface area (Å²) >= 11 is 9.72. The molecule has 0 fully saturated rings. The Bertz CT molecular complexity index is 224. The quantitative estimate of drug-likeness (QED) is 0.574. The number of hydrogen-bond donors (Lipinski definition) is 1. The van der Waals surface area contributed by atoms with E-state index in [2.05, 4.69) is 17.6 Å². The van der Waals surface area contributed by atoms with Crippen LogP contribution in [0.15, 0.2) is 17.3 Å². The highest BCUT2D eigenvalue weighted by molar-refractivity contribution is 7.80. The van der Waals surface area contributed by atoms with E-state index in [1.165, 1.54) is 0 Å². The standard InChI is InChI=1S/C6H6ClNS/c1-4-2-6(9)8-3-5(4)7/h2-3H,1H3,(H,8,9). The Morgan fingerprint density at radius 2 is 2.33 bits per heavy atom. The SMILES string of the molecule is Cc1cc(S)ncc1Cl. The van der Waals surface area contributed by atoms with Crippen molar-refractivity contribution in [1.82, 2.24) is 4.98 Å². The topological polar surface area (TPSA) is 12.9 Å². The number of hydrogen-bond acceptors (Lipinski definition) is 2. The van der Waals surface area contributed by atoms with E-state index in [1.807, 2.05) is 13.0 Å². The van der Waals surface area contributed by atoms with Crippen LogP contribution >= 0.6 is 24.2 Å². The molecule has 0 amide bonds. The van der Waals surface area contributed by atoms with Crippen molar-refractivity contribution < 1.29 is 0 Å². The molecule has 0 atom stereocenters. The summed E-state index contributed by atoms with van der Waals surface area (Å²) in [4.78, 5) is 3.87. The second kappa shape index (κ2) is 2.58. The Labute approximate surface area is 64.5 Å². The van der Waals surface area contributed by atoms with Gasteiger partial charge in [0.25, 0.3) is 0 Å². The molecule has 1 rings (SSSR count). The first-order valence-electron chi connectivity index (χ1n) is 2.51. The Morgan fingerprint density at radius 3 is 2.78 bits per heavy atom. The summed E-state index contributed by atoms with van der Waals surface area (Å²) in [5.74, 6) is 0. The monoisotopic (exact) mass is 159 g/mol. The van der Waals surface area contributed by atoms with E-state index < -0.39 is 0 Å². The molecule has 0 spiro atoms. The van der Waals surface area contributed by atoms with Gasteiger partial charge in [0.05, 0.1) is 10.0 Å². The lowest BCUT2D eigenvalue weighted by Crippen LogP contribution is -1.78. The molecular formula is C6H6ClNS. The molecule has 0 bridgehead atoms. The summed E-state index contributed by atoms with van der Waals surface area (Å²) in [7, 11) is 0. The molecule has 1 aromatic rings. The minimum Gasteiger partial charge on any atom is -0.249 e. The molecule has 3 heteroatoms. The van der Waals surface area contributed by atoms with Gasteiger partial charge >= 0.3 is 0 Å². The van der Waals surface area contributed by atoms with Crippen LogP contribution in [0.4, 0.5) is 0 Å². The lowest BCUT2D eigenvalue weighted by atomic mass is 10.3. The van der Waals surface area contributed by atoms with Crippen LogP contribution in [0, 0.1) is 6.92 Å². The third kappa shape index (κ3) is 1.60. The summed E-state index contributed by atoms with van der Waals surface area (Å²) in [6, 6.07) is 1.82. The normalized spacial score (nSPS) is 9.67. The summed E-state index contributed by atoms with van der Waals surface area (Å²) in [6.45, 7) is 1.92. The molecule has 0 aliphatic carbocycles. The molecule has 48 valence electrons. The van der Waals surface area contributed by atoms with Gasteiger partial charge in [-0.25, -0.2) is 4.98 Å². The maximum atomic E-state index is 5.68. The second-order valence-electron chi connectivity index (χ2n) is 1.79. The van der Waals surface area contributed by atoms with E-state index in [0.717, 1.165) is 5.56 Å². The highest BCUT2D eigenvalue weighted by Gasteiger charge is 1.93. The Hall–Kier alpha value is -0.210. The molecular weight excluding hydrogens is 154 g/mol. The average Bonchev–Trinajstić information content (AvgIpc) is 1.80. The first kappa shape index (κ1) is 6.90. The second-order valence-corrected chi connectivity index (χ2v) is 2.66.